The number of halogens is 1. The molecule has 0 aromatic heterocycles. The minimum absolute atomic E-state index is 0.155. The van der Waals surface area contributed by atoms with Gasteiger partial charge in [0.15, 0.2) is 0 Å². The quantitative estimate of drug-likeness (QED) is 0.776. The van der Waals surface area contributed by atoms with E-state index in [9.17, 15) is 9.18 Å². The third kappa shape index (κ3) is 3.66. The lowest BCUT2D eigenvalue weighted by Crippen LogP contribution is -2.06. The maximum Gasteiger partial charge on any atom is 0.137 e. The molecular formula is C11H14FNO. The van der Waals surface area contributed by atoms with Gasteiger partial charge in [0.2, 0.25) is 0 Å². The van der Waals surface area contributed by atoms with Crippen LogP contribution >= 0.6 is 0 Å². The maximum atomic E-state index is 12.5. The van der Waals surface area contributed by atoms with Gasteiger partial charge in [-0.1, -0.05) is 12.1 Å². The van der Waals surface area contributed by atoms with Crippen LogP contribution in [0.4, 0.5) is 4.39 Å². The van der Waals surface area contributed by atoms with Crippen molar-refractivity contribution >= 4 is 5.78 Å². The van der Waals surface area contributed by atoms with Gasteiger partial charge >= 0.3 is 0 Å². The summed E-state index contributed by atoms with van der Waals surface area (Å²) in [5, 5.41) is 0. The van der Waals surface area contributed by atoms with Gasteiger partial charge in [-0.15, -0.1) is 0 Å². The van der Waals surface area contributed by atoms with Crippen molar-refractivity contribution in [2.75, 3.05) is 6.54 Å². The van der Waals surface area contributed by atoms with Crippen molar-refractivity contribution in [2.45, 2.75) is 19.3 Å². The van der Waals surface area contributed by atoms with Crippen LogP contribution < -0.4 is 5.73 Å². The lowest BCUT2D eigenvalue weighted by Gasteiger charge is -2.00. The summed E-state index contributed by atoms with van der Waals surface area (Å²) in [6, 6.07) is 6.00. The summed E-state index contributed by atoms with van der Waals surface area (Å²) in [5.74, 6) is -0.120. The Morgan fingerprint density at radius 2 is 1.93 bits per heavy atom. The van der Waals surface area contributed by atoms with E-state index in [4.69, 9.17) is 5.73 Å². The molecule has 0 aliphatic heterocycles. The first-order valence-electron chi connectivity index (χ1n) is 4.68. The Morgan fingerprint density at radius 1 is 1.29 bits per heavy atom. The van der Waals surface area contributed by atoms with Crippen LogP contribution in [0.2, 0.25) is 0 Å². The van der Waals surface area contributed by atoms with Crippen molar-refractivity contribution in [3.8, 4) is 0 Å². The number of hydrogen-bond donors (Lipinski definition) is 1. The Morgan fingerprint density at radius 3 is 2.50 bits per heavy atom. The Hall–Kier alpha value is -1.22. The fourth-order valence-corrected chi connectivity index (χ4v) is 1.22. The normalized spacial score (nSPS) is 10.1. The third-order valence-corrected chi connectivity index (χ3v) is 1.97. The summed E-state index contributed by atoms with van der Waals surface area (Å²) in [6.45, 7) is 0.537. The number of Topliss-reactive ketones (excluding diaryl/α,β-unsaturated/α-hetero) is 1. The van der Waals surface area contributed by atoms with Gasteiger partial charge in [-0.05, 0) is 30.7 Å². The first-order valence-corrected chi connectivity index (χ1v) is 4.68. The second-order valence-electron chi connectivity index (χ2n) is 3.23. The van der Waals surface area contributed by atoms with E-state index in [1.54, 1.807) is 12.1 Å². The molecule has 0 saturated carbocycles. The fraction of sp³-hybridized carbons (Fsp3) is 0.364. The van der Waals surface area contributed by atoms with Crippen LogP contribution in [0.3, 0.4) is 0 Å². The number of benzene rings is 1. The molecule has 76 valence electrons. The number of rotatable bonds is 5. The number of nitrogens with two attached hydrogens (primary N) is 1. The molecular weight excluding hydrogens is 181 g/mol. The molecule has 0 unspecified atom stereocenters. The van der Waals surface area contributed by atoms with Gasteiger partial charge in [-0.2, -0.15) is 0 Å². The molecule has 0 heterocycles. The lowest BCUT2D eigenvalue weighted by molar-refractivity contribution is -0.118. The minimum atomic E-state index is -0.275. The van der Waals surface area contributed by atoms with E-state index in [1.807, 2.05) is 0 Å². The molecule has 0 radical (unpaired) electrons. The zero-order valence-corrected chi connectivity index (χ0v) is 8.00. The molecule has 0 amide bonds. The highest BCUT2D eigenvalue weighted by atomic mass is 19.1. The average Bonchev–Trinajstić information content (AvgIpc) is 2.18. The minimum Gasteiger partial charge on any atom is -0.330 e. The first-order chi connectivity index (χ1) is 6.72. The van der Waals surface area contributed by atoms with E-state index < -0.39 is 0 Å². The van der Waals surface area contributed by atoms with Crippen LogP contribution in [0.5, 0.6) is 0 Å². The Balaban J connectivity index is 2.44. The summed E-state index contributed by atoms with van der Waals surface area (Å²) >= 11 is 0. The molecule has 1 aromatic rings. The van der Waals surface area contributed by atoms with Crippen LogP contribution in [-0.4, -0.2) is 12.3 Å². The summed E-state index contributed by atoms with van der Waals surface area (Å²) in [7, 11) is 0. The molecule has 0 spiro atoms. The second-order valence-corrected chi connectivity index (χ2v) is 3.23. The molecule has 0 bridgehead atoms. The van der Waals surface area contributed by atoms with Gasteiger partial charge in [0.1, 0.15) is 11.6 Å². The molecule has 1 aromatic carbocycles. The molecule has 14 heavy (non-hydrogen) atoms. The standard InChI is InChI=1S/C11H14FNO/c12-10-5-3-9(4-6-10)8-11(14)2-1-7-13/h3-6H,1-2,7-8,13H2. The van der Waals surface area contributed by atoms with E-state index in [2.05, 4.69) is 0 Å². The molecule has 1 rings (SSSR count). The summed E-state index contributed by atoms with van der Waals surface area (Å²) < 4.78 is 12.5. The summed E-state index contributed by atoms with van der Waals surface area (Å²) in [4.78, 5) is 11.3. The van der Waals surface area contributed by atoms with Crippen molar-refractivity contribution in [3.05, 3.63) is 35.6 Å². The van der Waals surface area contributed by atoms with Crippen molar-refractivity contribution in [1.82, 2.24) is 0 Å². The monoisotopic (exact) mass is 195 g/mol. The number of ketones is 1. The van der Waals surface area contributed by atoms with E-state index >= 15 is 0 Å². The topological polar surface area (TPSA) is 43.1 Å². The predicted octanol–water partition coefficient (Wildman–Crippen LogP) is 1.68. The van der Waals surface area contributed by atoms with Gasteiger partial charge in [0, 0.05) is 12.8 Å². The van der Waals surface area contributed by atoms with Gasteiger partial charge in [-0.3, -0.25) is 4.79 Å². The second kappa shape index (κ2) is 5.50. The van der Waals surface area contributed by atoms with Crippen LogP contribution in [0.1, 0.15) is 18.4 Å². The number of carbonyl (C=O) groups excluding carboxylic acids is 1. The molecule has 0 aliphatic carbocycles. The highest BCUT2D eigenvalue weighted by Crippen LogP contribution is 2.05. The Kier molecular flexibility index (Phi) is 4.26. The van der Waals surface area contributed by atoms with Crippen molar-refractivity contribution < 1.29 is 9.18 Å². The number of carbonyl (C=O) groups is 1. The van der Waals surface area contributed by atoms with Crippen molar-refractivity contribution in [3.63, 3.8) is 0 Å². The molecule has 0 saturated heterocycles. The molecule has 0 aliphatic rings. The van der Waals surface area contributed by atoms with Crippen LogP contribution in [0.25, 0.3) is 0 Å². The summed E-state index contributed by atoms with van der Waals surface area (Å²) in [5.41, 5.74) is 6.14. The largest absolute Gasteiger partial charge is 0.330 e. The summed E-state index contributed by atoms with van der Waals surface area (Å²) in [6.07, 6.45) is 1.61. The molecule has 2 nitrogen and oxygen atoms in total. The zero-order valence-electron chi connectivity index (χ0n) is 8.00. The van der Waals surface area contributed by atoms with Crippen molar-refractivity contribution in [2.24, 2.45) is 5.73 Å². The van der Waals surface area contributed by atoms with Crippen LogP contribution in [0, 0.1) is 5.82 Å². The zero-order chi connectivity index (χ0) is 10.4. The molecule has 3 heteroatoms. The molecule has 0 fully saturated rings. The molecule has 0 atom stereocenters. The third-order valence-electron chi connectivity index (χ3n) is 1.97. The average molecular weight is 195 g/mol. The Labute approximate surface area is 82.9 Å². The highest BCUT2D eigenvalue weighted by Gasteiger charge is 2.02. The Bertz CT molecular complexity index is 295. The first kappa shape index (κ1) is 10.9. The van der Waals surface area contributed by atoms with Gasteiger partial charge in [0.05, 0.1) is 0 Å². The lowest BCUT2D eigenvalue weighted by atomic mass is 10.1. The van der Waals surface area contributed by atoms with E-state index in [1.165, 1.54) is 12.1 Å². The fourth-order valence-electron chi connectivity index (χ4n) is 1.22. The van der Waals surface area contributed by atoms with Gasteiger partial charge < -0.3 is 5.73 Å². The van der Waals surface area contributed by atoms with E-state index in [0.29, 0.717) is 19.4 Å². The van der Waals surface area contributed by atoms with Gasteiger partial charge in [0.25, 0.3) is 0 Å². The predicted molar refractivity (Wildman–Crippen MR) is 53.4 cm³/mol. The molecule has 2 N–H and O–H groups in total. The van der Waals surface area contributed by atoms with Crippen LogP contribution in [-0.2, 0) is 11.2 Å². The SMILES string of the molecule is NCCCC(=O)Cc1ccc(F)cc1. The van der Waals surface area contributed by atoms with Crippen molar-refractivity contribution in [1.29, 1.82) is 0 Å². The van der Waals surface area contributed by atoms with Gasteiger partial charge in [-0.25, -0.2) is 4.39 Å². The van der Waals surface area contributed by atoms with E-state index in [-0.39, 0.29) is 11.6 Å². The van der Waals surface area contributed by atoms with E-state index in [0.717, 1.165) is 12.0 Å². The highest BCUT2D eigenvalue weighted by molar-refractivity contribution is 5.80. The smallest absolute Gasteiger partial charge is 0.137 e. The maximum absolute atomic E-state index is 12.5. The number of hydrogen-bond acceptors (Lipinski definition) is 2. The van der Waals surface area contributed by atoms with Crippen LogP contribution in [0.15, 0.2) is 24.3 Å².